The van der Waals surface area contributed by atoms with E-state index in [4.69, 9.17) is 8.23 Å². The monoisotopic (exact) mass is 434 g/mol. The topological polar surface area (TPSA) is 93.1 Å². The summed E-state index contributed by atoms with van der Waals surface area (Å²) in [6, 6.07) is 0.756. The molecule has 27 heavy (non-hydrogen) atoms. The normalized spacial score (nSPS) is 14.7. The summed E-state index contributed by atoms with van der Waals surface area (Å²) in [5, 5.41) is 19.1. The van der Waals surface area contributed by atoms with Gasteiger partial charge in [0.25, 0.3) is 0 Å². The van der Waals surface area contributed by atoms with Crippen LogP contribution in [0.3, 0.4) is 0 Å². The highest BCUT2D eigenvalue weighted by atomic mass is 28.5. The third-order valence-corrected chi connectivity index (χ3v) is 14.0. The molecular formula is C18H38O6Si3. The van der Waals surface area contributed by atoms with Gasteiger partial charge in [-0.2, -0.15) is 0 Å². The average molecular weight is 435 g/mol. The van der Waals surface area contributed by atoms with Crippen LogP contribution in [0.25, 0.3) is 0 Å². The van der Waals surface area contributed by atoms with E-state index >= 15 is 0 Å². The molecule has 0 atom stereocenters. The van der Waals surface area contributed by atoms with Crippen LogP contribution in [0.4, 0.5) is 0 Å². The lowest BCUT2D eigenvalue weighted by molar-refractivity contribution is -0.137. The van der Waals surface area contributed by atoms with Crippen LogP contribution in [-0.4, -0.2) is 47.3 Å². The zero-order valence-corrected chi connectivity index (χ0v) is 21.6. The number of rotatable bonds is 10. The molecule has 0 aliphatic carbocycles. The Bertz CT molecular complexity index is 583. The van der Waals surface area contributed by atoms with Gasteiger partial charge >= 0.3 is 20.5 Å². The van der Waals surface area contributed by atoms with Crippen molar-refractivity contribution in [3.05, 3.63) is 11.1 Å². The first-order valence-electron chi connectivity index (χ1n) is 9.38. The van der Waals surface area contributed by atoms with Gasteiger partial charge in [0.2, 0.25) is 0 Å². The molecule has 158 valence electrons. The van der Waals surface area contributed by atoms with Crippen LogP contribution in [0, 0.1) is 5.41 Å². The molecule has 0 aromatic heterocycles. The Kier molecular flexibility index (Phi) is 8.91. The van der Waals surface area contributed by atoms with Gasteiger partial charge in [0, 0.05) is 5.57 Å². The Balaban J connectivity index is 5.24. The molecule has 9 heteroatoms. The fourth-order valence-corrected chi connectivity index (χ4v) is 16.6. The van der Waals surface area contributed by atoms with Crippen LogP contribution in [0.15, 0.2) is 11.1 Å². The predicted molar refractivity (Wildman–Crippen MR) is 116 cm³/mol. The van der Waals surface area contributed by atoms with Gasteiger partial charge < -0.3 is 18.4 Å². The molecule has 0 saturated heterocycles. The second-order valence-corrected chi connectivity index (χ2v) is 22.7. The molecule has 0 aromatic rings. The van der Waals surface area contributed by atoms with Gasteiger partial charge in [-0.15, -0.1) is 0 Å². The minimum absolute atomic E-state index is 0.00495. The summed E-state index contributed by atoms with van der Waals surface area (Å²) in [6.07, 6.45) is 0.816. The Morgan fingerprint density at radius 1 is 0.852 bits per heavy atom. The molecule has 0 aromatic carbocycles. The fourth-order valence-electron chi connectivity index (χ4n) is 3.41. The Morgan fingerprint density at radius 2 is 1.33 bits per heavy atom. The van der Waals surface area contributed by atoms with Crippen LogP contribution in [0.1, 0.15) is 33.6 Å². The van der Waals surface area contributed by atoms with E-state index in [1.165, 1.54) is 0 Å². The first-order valence-corrected chi connectivity index (χ1v) is 18.7. The van der Waals surface area contributed by atoms with Gasteiger partial charge in [-0.25, -0.2) is 9.59 Å². The SMILES string of the molecule is CC(C)(C)/C(C(=O)O)=C(/CCC[Si](C)(C)O[Si](C)(C)O[Si](C)(C)C)C(=O)O. The number of hydrogen-bond donors (Lipinski definition) is 2. The molecule has 0 heterocycles. The number of carboxylic acid groups (broad SMARTS) is 2. The van der Waals surface area contributed by atoms with E-state index < -0.39 is 42.5 Å². The van der Waals surface area contributed by atoms with Crippen molar-refractivity contribution in [2.45, 2.75) is 85.5 Å². The number of aliphatic carboxylic acids is 2. The van der Waals surface area contributed by atoms with Crippen molar-refractivity contribution in [2.24, 2.45) is 5.41 Å². The van der Waals surface area contributed by atoms with E-state index in [1.807, 2.05) is 0 Å². The van der Waals surface area contributed by atoms with E-state index in [1.54, 1.807) is 20.8 Å². The highest BCUT2D eigenvalue weighted by molar-refractivity contribution is 6.87. The molecule has 0 saturated carbocycles. The summed E-state index contributed by atoms with van der Waals surface area (Å²) >= 11 is 0. The van der Waals surface area contributed by atoms with Gasteiger partial charge in [-0.1, -0.05) is 20.8 Å². The minimum atomic E-state index is -2.24. The number of carbonyl (C=O) groups is 2. The van der Waals surface area contributed by atoms with E-state index in [2.05, 4.69) is 45.8 Å². The Hall–Kier alpha value is -0.749. The minimum Gasteiger partial charge on any atom is -0.478 e. The Labute approximate surface area is 167 Å². The molecule has 0 spiro atoms. The largest absolute Gasteiger partial charge is 0.478 e. The zero-order chi connectivity index (χ0) is 21.8. The summed E-state index contributed by atoms with van der Waals surface area (Å²) in [4.78, 5) is 23.3. The van der Waals surface area contributed by atoms with Gasteiger partial charge in [0.1, 0.15) is 0 Å². The molecule has 0 amide bonds. The lowest BCUT2D eigenvalue weighted by atomic mass is 9.82. The van der Waals surface area contributed by atoms with Gasteiger partial charge in [-0.3, -0.25) is 0 Å². The van der Waals surface area contributed by atoms with Crippen molar-refractivity contribution in [3.63, 3.8) is 0 Å². The van der Waals surface area contributed by atoms with Crippen molar-refractivity contribution < 1.29 is 28.0 Å². The molecule has 0 aliphatic heterocycles. The van der Waals surface area contributed by atoms with Crippen LogP contribution >= 0.6 is 0 Å². The lowest BCUT2D eigenvalue weighted by Gasteiger charge is -2.37. The van der Waals surface area contributed by atoms with Crippen LogP contribution in [-0.2, 0) is 17.8 Å². The van der Waals surface area contributed by atoms with E-state index in [0.29, 0.717) is 6.42 Å². The highest BCUT2D eigenvalue weighted by Crippen LogP contribution is 2.32. The zero-order valence-electron chi connectivity index (χ0n) is 18.6. The fraction of sp³-hybridized carbons (Fsp3) is 0.778. The first kappa shape index (κ1) is 26.3. The average Bonchev–Trinajstić information content (AvgIpc) is 2.29. The summed E-state index contributed by atoms with van der Waals surface area (Å²) in [6.45, 7) is 19.9. The smallest absolute Gasteiger partial charge is 0.332 e. The predicted octanol–water partition coefficient (Wildman–Crippen LogP) is 5.05. The van der Waals surface area contributed by atoms with Crippen LogP contribution in [0.5, 0.6) is 0 Å². The van der Waals surface area contributed by atoms with Crippen molar-refractivity contribution in [1.29, 1.82) is 0 Å². The maximum Gasteiger partial charge on any atom is 0.332 e. The van der Waals surface area contributed by atoms with Crippen LogP contribution < -0.4 is 0 Å². The van der Waals surface area contributed by atoms with E-state index in [9.17, 15) is 19.8 Å². The molecule has 0 unspecified atom stereocenters. The van der Waals surface area contributed by atoms with Gasteiger partial charge in [-0.05, 0) is 70.1 Å². The van der Waals surface area contributed by atoms with Crippen LogP contribution in [0.2, 0.25) is 51.9 Å². The molecule has 0 fully saturated rings. The third-order valence-electron chi connectivity index (χ3n) is 3.80. The standard InChI is InChI=1S/C18H38O6Si3/c1-18(2,3)15(17(21)22)14(16(19)20)12-11-13-26(7,8)24-27(9,10)23-25(4,5)6/h11-13H2,1-10H3,(H,19,20)(H,21,22)/b15-14-. The Morgan fingerprint density at radius 3 is 1.67 bits per heavy atom. The second kappa shape index (κ2) is 9.17. The van der Waals surface area contributed by atoms with E-state index in [-0.39, 0.29) is 17.6 Å². The summed E-state index contributed by atoms with van der Waals surface area (Å²) in [7, 11) is -5.99. The molecule has 0 radical (unpaired) electrons. The van der Waals surface area contributed by atoms with Gasteiger partial charge in [0.15, 0.2) is 16.6 Å². The molecule has 0 aliphatic rings. The van der Waals surface area contributed by atoms with Crippen molar-refractivity contribution >= 4 is 37.1 Å². The first-order chi connectivity index (χ1) is 11.8. The molecular weight excluding hydrogens is 396 g/mol. The molecule has 2 N–H and O–H groups in total. The molecule has 0 bridgehead atoms. The lowest BCUT2D eigenvalue weighted by Crippen LogP contribution is -2.51. The van der Waals surface area contributed by atoms with Gasteiger partial charge in [0.05, 0.1) is 5.57 Å². The maximum atomic E-state index is 11.7. The summed E-state index contributed by atoms with van der Waals surface area (Å²) < 4.78 is 12.7. The number of carboxylic acids is 2. The second-order valence-electron chi connectivity index (χ2n) is 10.0. The maximum absolute atomic E-state index is 11.7. The quantitative estimate of drug-likeness (QED) is 0.369. The molecule has 6 nitrogen and oxygen atoms in total. The van der Waals surface area contributed by atoms with Crippen molar-refractivity contribution in [1.82, 2.24) is 0 Å². The third kappa shape index (κ3) is 10.4. The summed E-state index contributed by atoms with van der Waals surface area (Å²) in [5.74, 6) is -2.32. The molecule has 0 rings (SSSR count). The number of hydrogen-bond acceptors (Lipinski definition) is 4. The van der Waals surface area contributed by atoms with E-state index in [0.717, 1.165) is 6.04 Å². The van der Waals surface area contributed by atoms with Crippen molar-refractivity contribution in [3.8, 4) is 0 Å². The summed E-state index contributed by atoms with van der Waals surface area (Å²) in [5.41, 5.74) is -0.759. The highest BCUT2D eigenvalue weighted by Gasteiger charge is 2.38. The van der Waals surface area contributed by atoms with Crippen molar-refractivity contribution in [2.75, 3.05) is 0 Å².